The molecule has 120 valence electrons. The summed E-state index contributed by atoms with van der Waals surface area (Å²) >= 11 is 2.02. The first-order valence-electron chi connectivity index (χ1n) is 6.86. The summed E-state index contributed by atoms with van der Waals surface area (Å²) in [7, 11) is 0. The average Bonchev–Trinajstić information content (AvgIpc) is 3.29. The highest BCUT2D eigenvalue weighted by molar-refractivity contribution is 7.40. The molecule has 4 heterocycles. The summed E-state index contributed by atoms with van der Waals surface area (Å²) in [6, 6.07) is 7.07. The molecule has 0 unspecified atom stereocenters. The van der Waals surface area contributed by atoms with Crippen molar-refractivity contribution in [1.29, 1.82) is 0 Å². The molecule has 0 aliphatic carbocycles. The van der Waals surface area contributed by atoms with Crippen molar-refractivity contribution in [3.8, 4) is 11.4 Å². The minimum absolute atomic E-state index is 0.0609. The molecule has 24 heavy (non-hydrogen) atoms. The maximum atomic E-state index is 11.6. The van der Waals surface area contributed by atoms with E-state index in [-0.39, 0.29) is 9.75 Å². The zero-order chi connectivity index (χ0) is 16.8. The molecule has 0 saturated heterocycles. The van der Waals surface area contributed by atoms with E-state index in [1.54, 1.807) is 58.2 Å². The first-order chi connectivity index (χ1) is 11.6. The first-order valence-corrected chi connectivity index (χ1v) is 8.50. The molecule has 8 heteroatoms. The Morgan fingerprint density at radius 1 is 0.750 bits per heavy atom. The molecule has 6 nitrogen and oxygen atoms in total. The van der Waals surface area contributed by atoms with Gasteiger partial charge in [0, 0.05) is 24.8 Å². The summed E-state index contributed by atoms with van der Waals surface area (Å²) in [5.41, 5.74) is 0.819. The Morgan fingerprint density at radius 3 is 1.46 bits per heavy atom. The molecule has 0 atom stereocenters. The van der Waals surface area contributed by atoms with Crippen molar-refractivity contribution in [2.45, 2.75) is 0 Å². The molecule has 4 aromatic rings. The Bertz CT molecular complexity index is 974. The van der Waals surface area contributed by atoms with Crippen molar-refractivity contribution >= 4 is 44.0 Å². The molecule has 0 amide bonds. The van der Waals surface area contributed by atoms with Gasteiger partial charge in [-0.05, 0) is 24.3 Å². The molecular formula is C16H8N2O4S2-2. The van der Waals surface area contributed by atoms with Gasteiger partial charge in [0.15, 0.2) is 0 Å². The molecule has 0 saturated carbocycles. The highest BCUT2D eigenvalue weighted by Gasteiger charge is 2.24. The fraction of sp³-hybridized carbons (Fsp3) is 0. The lowest BCUT2D eigenvalue weighted by molar-refractivity contribution is -0.255. The third-order valence-corrected chi connectivity index (χ3v) is 6.00. The molecule has 4 rings (SSSR count). The van der Waals surface area contributed by atoms with Crippen LogP contribution in [0.4, 0.5) is 0 Å². The van der Waals surface area contributed by atoms with Gasteiger partial charge in [-0.2, -0.15) is 0 Å². The molecule has 0 fully saturated rings. The highest BCUT2D eigenvalue weighted by Crippen LogP contribution is 2.44. The van der Waals surface area contributed by atoms with Gasteiger partial charge in [-0.25, -0.2) is 0 Å². The molecule has 0 aliphatic rings. The van der Waals surface area contributed by atoms with Gasteiger partial charge in [0.1, 0.15) is 0 Å². The van der Waals surface area contributed by atoms with E-state index < -0.39 is 11.9 Å². The van der Waals surface area contributed by atoms with E-state index in [2.05, 4.69) is 0 Å². The molecule has 0 N–H and O–H groups in total. The van der Waals surface area contributed by atoms with Crippen LogP contribution in [0, 0.1) is 0 Å². The zero-order valence-corrected chi connectivity index (χ0v) is 13.6. The second-order valence-corrected chi connectivity index (χ2v) is 7.28. The van der Waals surface area contributed by atoms with Crippen LogP contribution in [0.3, 0.4) is 0 Å². The quantitative estimate of drug-likeness (QED) is 0.551. The van der Waals surface area contributed by atoms with Crippen molar-refractivity contribution in [3.63, 3.8) is 0 Å². The molecule has 0 radical (unpaired) electrons. The van der Waals surface area contributed by atoms with E-state index in [1.807, 2.05) is 0 Å². The predicted molar refractivity (Wildman–Crippen MR) is 87.0 cm³/mol. The van der Waals surface area contributed by atoms with Crippen LogP contribution in [0.25, 0.3) is 20.8 Å². The van der Waals surface area contributed by atoms with Crippen LogP contribution in [-0.2, 0) is 0 Å². The third kappa shape index (κ3) is 2.08. The maximum Gasteiger partial charge on any atom is 0.0922 e. The van der Waals surface area contributed by atoms with Gasteiger partial charge >= 0.3 is 0 Å². The first kappa shape index (κ1) is 14.7. The number of carboxylic acid groups (broad SMARTS) is 2. The van der Waals surface area contributed by atoms with Gasteiger partial charge in [0.25, 0.3) is 0 Å². The minimum atomic E-state index is -1.29. The van der Waals surface area contributed by atoms with Gasteiger partial charge in [-0.3, -0.25) is 0 Å². The van der Waals surface area contributed by atoms with Crippen LogP contribution >= 0.6 is 22.7 Å². The van der Waals surface area contributed by atoms with Crippen molar-refractivity contribution < 1.29 is 19.8 Å². The second-order valence-electron chi connectivity index (χ2n) is 4.98. The summed E-state index contributed by atoms with van der Waals surface area (Å²) in [5.74, 6) is -2.58. The summed E-state index contributed by atoms with van der Waals surface area (Å²) in [4.78, 5) is 23.2. The van der Waals surface area contributed by atoms with E-state index >= 15 is 0 Å². The number of fused-ring (bicyclic) bond motifs is 1. The number of carbonyl (C=O) groups is 2. The normalized spacial score (nSPS) is 11.2. The largest absolute Gasteiger partial charge is 0.544 e. The SMILES string of the molecule is O=C([O-])c1sc2sc(C(=O)[O-])c(-n3cccc3)c2c1-n1cccc1. The number of aromatic nitrogens is 2. The Labute approximate surface area is 143 Å². The predicted octanol–water partition coefficient (Wildman–Crippen LogP) is 1.27. The topological polar surface area (TPSA) is 90.1 Å². The van der Waals surface area contributed by atoms with Gasteiger partial charge in [0.2, 0.25) is 0 Å². The summed E-state index contributed by atoms with van der Waals surface area (Å²) < 4.78 is 3.91. The molecule has 4 aromatic heterocycles. The number of thiophene rings is 2. The molecule has 0 spiro atoms. The minimum Gasteiger partial charge on any atom is -0.544 e. The van der Waals surface area contributed by atoms with Crippen LogP contribution in [0.5, 0.6) is 0 Å². The monoisotopic (exact) mass is 356 g/mol. The van der Waals surface area contributed by atoms with Crippen molar-refractivity contribution in [3.05, 3.63) is 58.8 Å². The number of hydrogen-bond donors (Lipinski definition) is 0. The second kappa shape index (κ2) is 5.36. The highest BCUT2D eigenvalue weighted by atomic mass is 32.2. The number of rotatable bonds is 4. The van der Waals surface area contributed by atoms with Crippen molar-refractivity contribution in [2.24, 2.45) is 0 Å². The van der Waals surface area contributed by atoms with E-state index in [1.165, 1.54) is 0 Å². The van der Waals surface area contributed by atoms with Gasteiger partial charge in [-0.15, -0.1) is 22.7 Å². The smallest absolute Gasteiger partial charge is 0.0922 e. The lowest BCUT2D eigenvalue weighted by Gasteiger charge is -2.11. The van der Waals surface area contributed by atoms with Crippen LogP contribution in [-0.4, -0.2) is 21.1 Å². The maximum absolute atomic E-state index is 11.6. The lowest BCUT2D eigenvalue weighted by Crippen LogP contribution is -2.23. The Balaban J connectivity index is 2.17. The Kier molecular flexibility index (Phi) is 3.29. The lowest BCUT2D eigenvalue weighted by atomic mass is 10.2. The molecule has 0 aromatic carbocycles. The van der Waals surface area contributed by atoms with Crippen LogP contribution in [0.1, 0.15) is 19.3 Å². The van der Waals surface area contributed by atoms with E-state index in [4.69, 9.17) is 0 Å². The molecule has 0 aliphatic heterocycles. The number of carboxylic acids is 2. The fourth-order valence-corrected chi connectivity index (χ4v) is 5.08. The summed E-state index contributed by atoms with van der Waals surface area (Å²) in [6.07, 6.45) is 6.85. The Hall–Kier alpha value is -2.84. The van der Waals surface area contributed by atoms with Gasteiger partial charge in [0.05, 0.1) is 42.5 Å². The van der Waals surface area contributed by atoms with Crippen LogP contribution in [0.2, 0.25) is 0 Å². The summed E-state index contributed by atoms with van der Waals surface area (Å²) in [6.45, 7) is 0. The van der Waals surface area contributed by atoms with Gasteiger partial charge < -0.3 is 28.9 Å². The third-order valence-electron chi connectivity index (χ3n) is 3.59. The van der Waals surface area contributed by atoms with Crippen molar-refractivity contribution in [1.82, 2.24) is 9.13 Å². The van der Waals surface area contributed by atoms with Gasteiger partial charge in [-0.1, -0.05) is 0 Å². The van der Waals surface area contributed by atoms with E-state index in [0.29, 0.717) is 20.8 Å². The fourth-order valence-electron chi connectivity index (χ4n) is 2.67. The van der Waals surface area contributed by atoms with E-state index in [9.17, 15) is 19.8 Å². The van der Waals surface area contributed by atoms with Crippen LogP contribution < -0.4 is 10.2 Å². The zero-order valence-electron chi connectivity index (χ0n) is 12.0. The molecule has 0 bridgehead atoms. The van der Waals surface area contributed by atoms with Crippen molar-refractivity contribution in [2.75, 3.05) is 0 Å². The number of nitrogens with zero attached hydrogens (tertiary/aromatic N) is 2. The standard InChI is InChI=1S/C16H10N2O4S2/c19-14(20)12-10(17-5-1-2-6-17)9-11(18-7-3-4-8-18)13(15(21)22)24-16(9)23-12/h1-8H,(H,19,20)(H,21,22)/p-2. The summed E-state index contributed by atoms with van der Waals surface area (Å²) in [5, 5.41) is 23.7. The number of carbonyl (C=O) groups excluding carboxylic acids is 2. The Morgan fingerprint density at radius 2 is 1.12 bits per heavy atom. The number of hydrogen-bond acceptors (Lipinski definition) is 6. The van der Waals surface area contributed by atoms with Crippen LogP contribution in [0.15, 0.2) is 49.1 Å². The van der Waals surface area contributed by atoms with E-state index in [0.717, 1.165) is 22.7 Å². The average molecular weight is 356 g/mol. The number of aromatic carboxylic acids is 2. The molecular weight excluding hydrogens is 348 g/mol.